The molecule has 3 rings (SSSR count). The second kappa shape index (κ2) is 7.59. The summed E-state index contributed by atoms with van der Waals surface area (Å²) < 4.78 is 40.9. The van der Waals surface area contributed by atoms with Crippen LogP contribution in [-0.2, 0) is 36.9 Å². The molecule has 25 heavy (non-hydrogen) atoms. The molecule has 0 aliphatic heterocycles. The molecule has 1 amide bonds. The lowest BCUT2D eigenvalue weighted by Crippen LogP contribution is -2.22. The molecule has 136 valence electrons. The van der Waals surface area contributed by atoms with Crippen molar-refractivity contribution in [3.05, 3.63) is 39.3 Å². The highest BCUT2D eigenvalue weighted by Gasteiger charge is 2.39. The molecule has 0 spiro atoms. The van der Waals surface area contributed by atoms with Crippen LogP contribution in [0, 0.1) is 0 Å². The predicted molar refractivity (Wildman–Crippen MR) is 89.3 cm³/mol. The van der Waals surface area contributed by atoms with Gasteiger partial charge in [-0.2, -0.15) is 18.3 Å². The van der Waals surface area contributed by atoms with Gasteiger partial charge in [0.25, 0.3) is 0 Å². The molecule has 0 radical (unpaired) electrons. The van der Waals surface area contributed by atoms with E-state index >= 15 is 0 Å². The van der Waals surface area contributed by atoms with Crippen molar-refractivity contribution in [1.29, 1.82) is 0 Å². The number of amides is 1. The maximum atomic E-state index is 13.1. The fraction of sp³-hybridized carbons (Fsp3) is 0.529. The van der Waals surface area contributed by atoms with Crippen LogP contribution < -0.4 is 5.32 Å². The Hall–Kier alpha value is -1.83. The van der Waals surface area contributed by atoms with Gasteiger partial charge in [-0.1, -0.05) is 6.07 Å². The third-order valence-corrected chi connectivity index (χ3v) is 5.22. The summed E-state index contributed by atoms with van der Waals surface area (Å²) in [6.07, 6.45) is -0.938. The first kappa shape index (κ1) is 18.0. The lowest BCUT2D eigenvalue weighted by Gasteiger charge is -2.14. The van der Waals surface area contributed by atoms with Gasteiger partial charge in [0.15, 0.2) is 5.69 Å². The van der Waals surface area contributed by atoms with Crippen molar-refractivity contribution in [2.75, 3.05) is 0 Å². The monoisotopic (exact) mass is 371 g/mol. The molecule has 1 aliphatic rings. The maximum absolute atomic E-state index is 13.1. The average Bonchev–Trinajstić information content (AvgIpc) is 3.20. The van der Waals surface area contributed by atoms with Gasteiger partial charge in [-0.3, -0.25) is 9.48 Å². The van der Waals surface area contributed by atoms with Crippen molar-refractivity contribution in [3.8, 4) is 0 Å². The van der Waals surface area contributed by atoms with E-state index in [-0.39, 0.29) is 12.3 Å². The van der Waals surface area contributed by atoms with Crippen LogP contribution in [0.4, 0.5) is 13.2 Å². The maximum Gasteiger partial charge on any atom is 0.435 e. The number of nitrogens with one attached hydrogen (secondary N) is 1. The SMILES string of the molecule is O=C(CCCn1nc(C(F)(F)F)c2c1CCCC2)NCc1cccs1. The third kappa shape index (κ3) is 4.42. The average molecular weight is 371 g/mol. The number of aromatic nitrogens is 2. The molecule has 0 bridgehead atoms. The predicted octanol–water partition coefficient (Wildman–Crippen LogP) is 3.94. The van der Waals surface area contributed by atoms with E-state index in [0.29, 0.717) is 43.6 Å². The lowest BCUT2D eigenvalue weighted by molar-refractivity contribution is -0.142. The number of halogens is 3. The summed E-state index contributed by atoms with van der Waals surface area (Å²) in [5, 5.41) is 8.58. The van der Waals surface area contributed by atoms with E-state index in [9.17, 15) is 18.0 Å². The zero-order valence-corrected chi connectivity index (χ0v) is 14.6. The second-order valence-corrected chi connectivity index (χ2v) is 7.19. The molecular formula is C17H20F3N3OS. The van der Waals surface area contributed by atoms with Crippen molar-refractivity contribution in [2.24, 2.45) is 0 Å². The standard InChI is InChI=1S/C17H20F3N3OS/c18-17(19,20)16-13-6-1-2-7-14(13)23(22-16)9-3-8-15(24)21-11-12-5-4-10-25-12/h4-5,10H,1-3,6-9,11H2,(H,21,24). The fourth-order valence-corrected chi connectivity index (χ4v) is 3.80. The molecule has 8 heteroatoms. The first-order valence-electron chi connectivity index (χ1n) is 8.40. The molecule has 0 unspecified atom stereocenters. The number of fused-ring (bicyclic) bond motifs is 1. The number of aryl methyl sites for hydroxylation is 1. The minimum Gasteiger partial charge on any atom is -0.351 e. The van der Waals surface area contributed by atoms with Crippen LogP contribution >= 0.6 is 11.3 Å². The highest BCUT2D eigenvalue weighted by atomic mass is 32.1. The van der Waals surface area contributed by atoms with Crippen molar-refractivity contribution in [3.63, 3.8) is 0 Å². The molecule has 0 atom stereocenters. The van der Waals surface area contributed by atoms with Gasteiger partial charge in [0.05, 0.1) is 6.54 Å². The largest absolute Gasteiger partial charge is 0.435 e. The molecule has 0 saturated heterocycles. The Morgan fingerprint density at radius 1 is 1.32 bits per heavy atom. The van der Waals surface area contributed by atoms with Gasteiger partial charge in [-0.15, -0.1) is 11.3 Å². The zero-order valence-electron chi connectivity index (χ0n) is 13.7. The van der Waals surface area contributed by atoms with E-state index in [1.54, 1.807) is 11.3 Å². The molecule has 1 aliphatic carbocycles. The van der Waals surface area contributed by atoms with Crippen LogP contribution in [0.25, 0.3) is 0 Å². The van der Waals surface area contributed by atoms with E-state index in [1.165, 1.54) is 4.68 Å². The molecule has 2 heterocycles. The number of rotatable bonds is 6. The molecule has 2 aromatic rings. The van der Waals surface area contributed by atoms with E-state index in [1.807, 2.05) is 17.5 Å². The minimum absolute atomic E-state index is 0.0922. The first-order valence-corrected chi connectivity index (χ1v) is 9.28. The fourth-order valence-electron chi connectivity index (χ4n) is 3.16. The Kier molecular flexibility index (Phi) is 5.46. The van der Waals surface area contributed by atoms with Crippen LogP contribution in [0.1, 0.15) is 47.5 Å². The van der Waals surface area contributed by atoms with E-state index in [2.05, 4.69) is 10.4 Å². The number of carbonyl (C=O) groups excluding carboxylic acids is 1. The van der Waals surface area contributed by atoms with Crippen LogP contribution in [0.5, 0.6) is 0 Å². The van der Waals surface area contributed by atoms with Gasteiger partial charge in [0.2, 0.25) is 5.91 Å². The van der Waals surface area contributed by atoms with Gasteiger partial charge < -0.3 is 5.32 Å². The molecule has 0 fully saturated rings. The van der Waals surface area contributed by atoms with Crippen LogP contribution in [-0.4, -0.2) is 15.7 Å². The normalized spacial score (nSPS) is 14.4. The molecular weight excluding hydrogens is 351 g/mol. The molecule has 0 saturated carbocycles. The number of hydrogen-bond acceptors (Lipinski definition) is 3. The Morgan fingerprint density at radius 2 is 2.12 bits per heavy atom. The topological polar surface area (TPSA) is 46.9 Å². The Balaban J connectivity index is 1.56. The number of hydrogen-bond donors (Lipinski definition) is 1. The van der Waals surface area contributed by atoms with Crippen LogP contribution in [0.3, 0.4) is 0 Å². The summed E-state index contributed by atoms with van der Waals surface area (Å²) in [5.41, 5.74) is 0.294. The summed E-state index contributed by atoms with van der Waals surface area (Å²) >= 11 is 1.57. The zero-order chi connectivity index (χ0) is 17.9. The van der Waals surface area contributed by atoms with Gasteiger partial charge in [-0.05, 0) is 43.6 Å². The molecule has 1 N–H and O–H groups in total. The van der Waals surface area contributed by atoms with Crippen LogP contribution in [0.2, 0.25) is 0 Å². The van der Waals surface area contributed by atoms with Crippen molar-refractivity contribution in [1.82, 2.24) is 15.1 Å². The van der Waals surface area contributed by atoms with Crippen molar-refractivity contribution < 1.29 is 18.0 Å². The number of carbonyl (C=O) groups is 1. The Bertz CT molecular complexity index is 722. The summed E-state index contributed by atoms with van der Waals surface area (Å²) in [7, 11) is 0. The van der Waals surface area contributed by atoms with Crippen molar-refractivity contribution in [2.45, 2.75) is 57.8 Å². The molecule has 2 aromatic heterocycles. The summed E-state index contributed by atoms with van der Waals surface area (Å²) in [5.74, 6) is -0.0922. The Morgan fingerprint density at radius 3 is 2.84 bits per heavy atom. The van der Waals surface area contributed by atoms with Crippen LogP contribution in [0.15, 0.2) is 17.5 Å². The second-order valence-electron chi connectivity index (χ2n) is 6.16. The highest BCUT2D eigenvalue weighted by molar-refractivity contribution is 7.09. The summed E-state index contributed by atoms with van der Waals surface area (Å²) in [6, 6.07) is 3.87. The molecule has 0 aromatic carbocycles. The number of alkyl halides is 3. The smallest absolute Gasteiger partial charge is 0.351 e. The van der Waals surface area contributed by atoms with Gasteiger partial charge in [-0.25, -0.2) is 0 Å². The van der Waals surface area contributed by atoms with Gasteiger partial charge in [0, 0.05) is 29.1 Å². The molecule has 4 nitrogen and oxygen atoms in total. The van der Waals surface area contributed by atoms with E-state index in [4.69, 9.17) is 0 Å². The first-order chi connectivity index (χ1) is 11.9. The lowest BCUT2D eigenvalue weighted by atomic mass is 9.95. The van der Waals surface area contributed by atoms with E-state index in [0.717, 1.165) is 17.7 Å². The summed E-state index contributed by atoms with van der Waals surface area (Å²) in [6.45, 7) is 0.830. The number of nitrogens with zero attached hydrogens (tertiary/aromatic N) is 2. The number of thiophene rings is 1. The minimum atomic E-state index is -4.41. The third-order valence-electron chi connectivity index (χ3n) is 4.34. The van der Waals surface area contributed by atoms with E-state index < -0.39 is 11.9 Å². The highest BCUT2D eigenvalue weighted by Crippen LogP contribution is 2.35. The van der Waals surface area contributed by atoms with Gasteiger partial charge >= 0.3 is 6.18 Å². The van der Waals surface area contributed by atoms with Gasteiger partial charge in [0.1, 0.15) is 0 Å². The van der Waals surface area contributed by atoms with Crippen molar-refractivity contribution >= 4 is 17.2 Å². The quantitative estimate of drug-likeness (QED) is 0.836. The Labute approximate surface area is 148 Å². The summed E-state index contributed by atoms with van der Waals surface area (Å²) in [4.78, 5) is 12.9.